The fourth-order valence-corrected chi connectivity index (χ4v) is 3.19. The van der Waals surface area contributed by atoms with Crippen LogP contribution in [0.15, 0.2) is 24.3 Å². The van der Waals surface area contributed by atoms with Gasteiger partial charge in [-0.15, -0.1) is 23.7 Å². The third-order valence-electron chi connectivity index (χ3n) is 3.57. The van der Waals surface area contributed by atoms with E-state index in [0.29, 0.717) is 18.3 Å². The molecule has 0 radical (unpaired) electrons. The Hall–Kier alpha value is -1.47. The van der Waals surface area contributed by atoms with Gasteiger partial charge in [-0.3, -0.25) is 10.1 Å². The van der Waals surface area contributed by atoms with E-state index in [0.717, 1.165) is 22.7 Å². The van der Waals surface area contributed by atoms with E-state index in [1.165, 1.54) is 16.9 Å². The van der Waals surface area contributed by atoms with Crippen LogP contribution in [-0.4, -0.2) is 36.7 Å². The van der Waals surface area contributed by atoms with Gasteiger partial charge < -0.3 is 10.1 Å². The molecule has 1 aromatic heterocycles. The fourth-order valence-electron chi connectivity index (χ4n) is 2.35. The SMILES string of the molecule is Cc1ccc(-c2nc(NC(=O)C3CNCCO3)sc2C)cc1.Cl. The van der Waals surface area contributed by atoms with Crippen LogP contribution < -0.4 is 10.6 Å². The van der Waals surface area contributed by atoms with Crippen LogP contribution in [0.2, 0.25) is 0 Å². The van der Waals surface area contributed by atoms with Crippen molar-refractivity contribution in [2.75, 3.05) is 25.0 Å². The molecule has 1 aliphatic heterocycles. The summed E-state index contributed by atoms with van der Waals surface area (Å²) in [4.78, 5) is 17.8. The summed E-state index contributed by atoms with van der Waals surface area (Å²) in [5.74, 6) is -0.142. The van der Waals surface area contributed by atoms with Gasteiger partial charge in [-0.1, -0.05) is 29.8 Å². The molecule has 23 heavy (non-hydrogen) atoms. The van der Waals surface area contributed by atoms with Gasteiger partial charge in [0.1, 0.15) is 6.10 Å². The van der Waals surface area contributed by atoms with E-state index in [4.69, 9.17) is 4.74 Å². The smallest absolute Gasteiger partial charge is 0.256 e. The van der Waals surface area contributed by atoms with Crippen LogP contribution in [0.5, 0.6) is 0 Å². The van der Waals surface area contributed by atoms with Crippen LogP contribution in [0.25, 0.3) is 11.3 Å². The minimum atomic E-state index is -0.444. The Morgan fingerprint density at radius 1 is 1.35 bits per heavy atom. The zero-order valence-corrected chi connectivity index (χ0v) is 14.7. The van der Waals surface area contributed by atoms with Gasteiger partial charge in [0.05, 0.1) is 12.3 Å². The normalized spacial score (nSPS) is 17.4. The van der Waals surface area contributed by atoms with Crippen LogP contribution in [-0.2, 0) is 9.53 Å². The van der Waals surface area contributed by atoms with Gasteiger partial charge in [-0.25, -0.2) is 4.98 Å². The van der Waals surface area contributed by atoms with Crippen LogP contribution in [0.1, 0.15) is 10.4 Å². The Kier molecular flexibility index (Phi) is 6.12. The second kappa shape index (κ2) is 7.88. The minimum absolute atomic E-state index is 0. The van der Waals surface area contributed by atoms with Crippen molar-refractivity contribution in [1.29, 1.82) is 0 Å². The van der Waals surface area contributed by atoms with Gasteiger partial charge in [0.15, 0.2) is 5.13 Å². The van der Waals surface area contributed by atoms with Crippen LogP contribution in [0.3, 0.4) is 0 Å². The molecule has 2 N–H and O–H groups in total. The summed E-state index contributed by atoms with van der Waals surface area (Å²) < 4.78 is 5.45. The number of benzene rings is 1. The maximum absolute atomic E-state index is 12.2. The van der Waals surface area contributed by atoms with Crippen molar-refractivity contribution in [3.63, 3.8) is 0 Å². The maximum Gasteiger partial charge on any atom is 0.256 e. The van der Waals surface area contributed by atoms with Crippen molar-refractivity contribution in [3.05, 3.63) is 34.7 Å². The number of carbonyl (C=O) groups is 1. The van der Waals surface area contributed by atoms with Gasteiger partial charge in [0, 0.05) is 23.5 Å². The van der Waals surface area contributed by atoms with E-state index in [1.807, 2.05) is 6.92 Å². The van der Waals surface area contributed by atoms with Crippen molar-refractivity contribution in [2.45, 2.75) is 20.0 Å². The highest BCUT2D eigenvalue weighted by atomic mass is 35.5. The number of ether oxygens (including phenoxy) is 1. The van der Waals surface area contributed by atoms with E-state index >= 15 is 0 Å². The van der Waals surface area contributed by atoms with Crippen molar-refractivity contribution in [2.24, 2.45) is 0 Å². The topological polar surface area (TPSA) is 63.2 Å². The number of hydrogen-bond acceptors (Lipinski definition) is 5. The number of nitrogens with one attached hydrogen (secondary N) is 2. The molecule has 1 aliphatic rings. The number of rotatable bonds is 3. The van der Waals surface area contributed by atoms with Crippen molar-refractivity contribution in [1.82, 2.24) is 10.3 Å². The molecular weight excluding hydrogens is 334 g/mol. The molecule has 2 heterocycles. The van der Waals surface area contributed by atoms with Gasteiger partial charge >= 0.3 is 0 Å². The third-order valence-corrected chi connectivity index (χ3v) is 4.46. The summed E-state index contributed by atoms with van der Waals surface area (Å²) in [6.45, 7) is 5.96. The molecule has 3 rings (SSSR count). The average molecular weight is 354 g/mol. The summed E-state index contributed by atoms with van der Waals surface area (Å²) in [5.41, 5.74) is 3.20. The lowest BCUT2D eigenvalue weighted by atomic mass is 10.1. The highest BCUT2D eigenvalue weighted by molar-refractivity contribution is 7.16. The number of aromatic nitrogens is 1. The lowest BCUT2D eigenvalue weighted by molar-refractivity contribution is -0.128. The number of hydrogen-bond donors (Lipinski definition) is 2. The van der Waals surface area contributed by atoms with Crippen LogP contribution >= 0.6 is 23.7 Å². The standard InChI is InChI=1S/C16H19N3O2S.ClH/c1-10-3-5-12(6-4-10)14-11(2)22-16(18-14)19-15(20)13-9-17-7-8-21-13;/h3-6,13,17H,7-9H2,1-2H3,(H,18,19,20);1H. The van der Waals surface area contributed by atoms with E-state index in [1.54, 1.807) is 0 Å². The summed E-state index contributed by atoms with van der Waals surface area (Å²) in [6.07, 6.45) is -0.444. The van der Waals surface area contributed by atoms with Crippen molar-refractivity contribution < 1.29 is 9.53 Å². The number of morpholine rings is 1. The molecule has 0 bridgehead atoms. The number of nitrogens with zero attached hydrogens (tertiary/aromatic N) is 1. The van der Waals surface area contributed by atoms with Crippen LogP contribution in [0, 0.1) is 13.8 Å². The largest absolute Gasteiger partial charge is 0.366 e. The van der Waals surface area contributed by atoms with Crippen LogP contribution in [0.4, 0.5) is 5.13 Å². The minimum Gasteiger partial charge on any atom is -0.366 e. The molecule has 124 valence electrons. The predicted octanol–water partition coefficient (Wildman–Crippen LogP) is 2.78. The summed E-state index contributed by atoms with van der Waals surface area (Å²) >= 11 is 1.49. The van der Waals surface area contributed by atoms with E-state index in [2.05, 4.69) is 46.8 Å². The number of anilines is 1. The number of amides is 1. The Labute approximate surface area is 145 Å². The lowest BCUT2D eigenvalue weighted by Gasteiger charge is -2.22. The Balaban J connectivity index is 0.00000192. The van der Waals surface area contributed by atoms with E-state index in [9.17, 15) is 4.79 Å². The predicted molar refractivity (Wildman–Crippen MR) is 95.5 cm³/mol. The van der Waals surface area contributed by atoms with E-state index < -0.39 is 6.10 Å². The Morgan fingerprint density at radius 3 is 2.74 bits per heavy atom. The second-order valence-corrected chi connectivity index (χ2v) is 6.55. The van der Waals surface area contributed by atoms with Crippen molar-refractivity contribution >= 4 is 34.8 Å². The number of aryl methyl sites for hydroxylation is 2. The maximum atomic E-state index is 12.2. The molecule has 0 spiro atoms. The highest BCUT2D eigenvalue weighted by Crippen LogP contribution is 2.30. The number of thiazole rings is 1. The first-order valence-electron chi connectivity index (χ1n) is 7.31. The summed E-state index contributed by atoms with van der Waals surface area (Å²) in [7, 11) is 0. The van der Waals surface area contributed by atoms with Gasteiger partial charge in [-0.2, -0.15) is 0 Å². The molecule has 1 atom stereocenters. The zero-order valence-electron chi connectivity index (χ0n) is 13.1. The molecule has 0 aliphatic carbocycles. The second-order valence-electron chi connectivity index (χ2n) is 5.34. The quantitative estimate of drug-likeness (QED) is 0.890. The molecule has 5 nitrogen and oxygen atoms in total. The van der Waals surface area contributed by atoms with Gasteiger partial charge in [0.2, 0.25) is 0 Å². The molecule has 1 saturated heterocycles. The number of halogens is 1. The first kappa shape index (κ1) is 17.9. The third kappa shape index (κ3) is 4.29. The molecule has 1 fully saturated rings. The van der Waals surface area contributed by atoms with Crippen molar-refractivity contribution in [3.8, 4) is 11.3 Å². The Morgan fingerprint density at radius 2 is 2.09 bits per heavy atom. The molecular formula is C16H20ClN3O2S. The monoisotopic (exact) mass is 353 g/mol. The van der Waals surface area contributed by atoms with Gasteiger partial charge in [-0.05, 0) is 13.8 Å². The molecule has 0 saturated carbocycles. The molecule has 2 aromatic rings. The summed E-state index contributed by atoms with van der Waals surface area (Å²) in [5, 5.41) is 6.62. The molecule has 1 amide bonds. The number of carbonyl (C=O) groups excluding carboxylic acids is 1. The first-order chi connectivity index (χ1) is 10.6. The lowest BCUT2D eigenvalue weighted by Crippen LogP contribution is -2.45. The molecule has 1 unspecified atom stereocenters. The molecule has 7 heteroatoms. The van der Waals surface area contributed by atoms with E-state index in [-0.39, 0.29) is 18.3 Å². The Bertz CT molecular complexity index is 666. The zero-order chi connectivity index (χ0) is 15.5. The average Bonchev–Trinajstić information content (AvgIpc) is 2.89. The summed E-state index contributed by atoms with van der Waals surface area (Å²) in [6, 6.07) is 8.23. The van der Waals surface area contributed by atoms with Gasteiger partial charge in [0.25, 0.3) is 5.91 Å². The fraction of sp³-hybridized carbons (Fsp3) is 0.375. The molecule has 1 aromatic carbocycles. The first-order valence-corrected chi connectivity index (χ1v) is 8.13. The highest BCUT2D eigenvalue weighted by Gasteiger charge is 2.23.